The van der Waals surface area contributed by atoms with E-state index in [1.807, 2.05) is 0 Å². The minimum atomic E-state index is 0.372. The Hall–Kier alpha value is -2.34. The van der Waals surface area contributed by atoms with Crippen LogP contribution in [-0.2, 0) is 6.42 Å². The summed E-state index contributed by atoms with van der Waals surface area (Å²) in [5.74, 6) is 1.79. The van der Waals surface area contributed by atoms with E-state index in [0.717, 1.165) is 19.3 Å². The summed E-state index contributed by atoms with van der Waals surface area (Å²) in [5, 5.41) is 0. The van der Waals surface area contributed by atoms with Gasteiger partial charge in [-0.15, -0.1) is 0 Å². The SMILES string of the molecule is C=C(CC1=CC(C)C=C1C1CCC(CCC)C1=C)C1=CCC(c2cccc(CCC(C)(C)C)c2)=C1. The minimum absolute atomic E-state index is 0.372. The Balaban J connectivity index is 1.42. The van der Waals surface area contributed by atoms with Crippen molar-refractivity contribution in [2.75, 3.05) is 0 Å². The fourth-order valence-corrected chi connectivity index (χ4v) is 6.16. The predicted molar refractivity (Wildman–Crippen MR) is 154 cm³/mol. The van der Waals surface area contributed by atoms with Crippen LogP contribution < -0.4 is 0 Å². The summed E-state index contributed by atoms with van der Waals surface area (Å²) in [5.41, 5.74) is 11.7. The molecular weight excluding hydrogens is 420 g/mol. The lowest BCUT2D eigenvalue weighted by atomic mass is 9.85. The molecule has 0 aromatic heterocycles. The molecule has 186 valence electrons. The molecular formula is C35H46. The standard InChI is InChI=1S/C35H46/c1-8-10-28-15-16-33(26(28)4)34-20-24(2)19-32(34)21-25(3)29-13-14-31(23-29)30-12-9-11-27(22-30)17-18-35(5,6)7/h9,11-13,19-20,22-24,28,33H,3-4,8,10,14-18,21H2,1-2,5-7H3. The Morgan fingerprint density at radius 1 is 1.11 bits per heavy atom. The zero-order valence-corrected chi connectivity index (χ0v) is 22.9. The number of hydrogen-bond donors (Lipinski definition) is 0. The van der Waals surface area contributed by atoms with Crippen LogP contribution in [0.15, 0.2) is 89.6 Å². The van der Waals surface area contributed by atoms with Crippen molar-refractivity contribution < 1.29 is 0 Å². The van der Waals surface area contributed by atoms with E-state index in [9.17, 15) is 0 Å². The van der Waals surface area contributed by atoms with Gasteiger partial charge in [0.25, 0.3) is 0 Å². The minimum Gasteiger partial charge on any atom is -0.0990 e. The summed E-state index contributed by atoms with van der Waals surface area (Å²) in [6, 6.07) is 9.18. The molecule has 3 aliphatic carbocycles. The van der Waals surface area contributed by atoms with Crippen LogP contribution in [-0.4, -0.2) is 0 Å². The molecule has 0 radical (unpaired) electrons. The Kier molecular flexibility index (Phi) is 7.89. The highest BCUT2D eigenvalue weighted by atomic mass is 14.4. The van der Waals surface area contributed by atoms with E-state index >= 15 is 0 Å². The second kappa shape index (κ2) is 10.7. The molecule has 35 heavy (non-hydrogen) atoms. The van der Waals surface area contributed by atoms with Gasteiger partial charge in [0.15, 0.2) is 0 Å². The van der Waals surface area contributed by atoms with Gasteiger partial charge in [0.2, 0.25) is 0 Å². The Labute approximate surface area is 215 Å². The summed E-state index contributed by atoms with van der Waals surface area (Å²) in [7, 11) is 0. The number of allylic oxidation sites excluding steroid dienone is 10. The van der Waals surface area contributed by atoms with Crippen molar-refractivity contribution in [3.63, 3.8) is 0 Å². The molecule has 0 saturated heterocycles. The summed E-state index contributed by atoms with van der Waals surface area (Å²) < 4.78 is 0. The van der Waals surface area contributed by atoms with Gasteiger partial charge in [-0.1, -0.05) is 108 Å². The van der Waals surface area contributed by atoms with E-state index in [2.05, 4.69) is 96.3 Å². The molecule has 0 bridgehead atoms. The van der Waals surface area contributed by atoms with Gasteiger partial charge < -0.3 is 0 Å². The third kappa shape index (κ3) is 6.27. The largest absolute Gasteiger partial charge is 0.0990 e. The Morgan fingerprint density at radius 3 is 2.66 bits per heavy atom. The number of aryl methyl sites for hydroxylation is 1. The highest BCUT2D eigenvalue weighted by Crippen LogP contribution is 2.47. The first kappa shape index (κ1) is 25.7. The molecule has 0 N–H and O–H groups in total. The van der Waals surface area contributed by atoms with Crippen molar-refractivity contribution in [1.82, 2.24) is 0 Å². The van der Waals surface area contributed by atoms with Gasteiger partial charge >= 0.3 is 0 Å². The molecule has 3 unspecified atom stereocenters. The number of rotatable bonds is 9. The van der Waals surface area contributed by atoms with Crippen molar-refractivity contribution >= 4 is 5.57 Å². The van der Waals surface area contributed by atoms with Crippen LogP contribution in [0.2, 0.25) is 0 Å². The number of benzene rings is 1. The van der Waals surface area contributed by atoms with Gasteiger partial charge in [-0.05, 0) is 101 Å². The maximum Gasteiger partial charge on any atom is 0.00482 e. The molecule has 0 nitrogen and oxygen atoms in total. The Bertz CT molecular complexity index is 1090. The zero-order chi connectivity index (χ0) is 25.2. The first-order valence-electron chi connectivity index (χ1n) is 13.9. The van der Waals surface area contributed by atoms with Crippen molar-refractivity contribution in [3.05, 3.63) is 101 Å². The van der Waals surface area contributed by atoms with E-state index in [1.54, 1.807) is 5.57 Å². The summed E-state index contributed by atoms with van der Waals surface area (Å²) in [6.45, 7) is 20.7. The molecule has 3 aliphatic rings. The molecule has 3 atom stereocenters. The lowest BCUT2D eigenvalue weighted by molar-refractivity contribution is 0.378. The Morgan fingerprint density at radius 2 is 1.91 bits per heavy atom. The second-order valence-electron chi connectivity index (χ2n) is 12.4. The van der Waals surface area contributed by atoms with Crippen LogP contribution in [0.5, 0.6) is 0 Å². The van der Waals surface area contributed by atoms with Crippen molar-refractivity contribution in [1.29, 1.82) is 0 Å². The van der Waals surface area contributed by atoms with Gasteiger partial charge in [0.1, 0.15) is 0 Å². The average Bonchev–Trinajstić information content (AvgIpc) is 3.52. The lowest BCUT2D eigenvalue weighted by Gasteiger charge is -2.20. The molecule has 4 rings (SSSR count). The third-order valence-corrected chi connectivity index (χ3v) is 8.21. The molecule has 0 aliphatic heterocycles. The second-order valence-corrected chi connectivity index (χ2v) is 12.4. The molecule has 0 heterocycles. The molecule has 1 fully saturated rings. The maximum atomic E-state index is 4.56. The lowest BCUT2D eigenvalue weighted by Crippen LogP contribution is -2.06. The van der Waals surface area contributed by atoms with E-state index in [1.165, 1.54) is 71.1 Å². The van der Waals surface area contributed by atoms with Crippen LogP contribution in [0.3, 0.4) is 0 Å². The van der Waals surface area contributed by atoms with Gasteiger partial charge in [-0.25, -0.2) is 0 Å². The highest BCUT2D eigenvalue weighted by molar-refractivity contribution is 5.75. The first-order chi connectivity index (χ1) is 16.6. The maximum absolute atomic E-state index is 4.56. The van der Waals surface area contributed by atoms with E-state index in [-0.39, 0.29) is 0 Å². The van der Waals surface area contributed by atoms with Crippen LogP contribution in [0.25, 0.3) is 5.57 Å². The summed E-state index contributed by atoms with van der Waals surface area (Å²) >= 11 is 0. The molecule has 1 aromatic rings. The fraction of sp³-hybridized carbons (Fsp3) is 0.486. The van der Waals surface area contributed by atoms with Crippen LogP contribution >= 0.6 is 0 Å². The van der Waals surface area contributed by atoms with E-state index in [4.69, 9.17) is 0 Å². The molecule has 1 saturated carbocycles. The van der Waals surface area contributed by atoms with Crippen LogP contribution in [0, 0.1) is 23.2 Å². The monoisotopic (exact) mass is 466 g/mol. The quantitative estimate of drug-likeness (QED) is 0.317. The van der Waals surface area contributed by atoms with Crippen LogP contribution in [0.4, 0.5) is 0 Å². The predicted octanol–water partition coefficient (Wildman–Crippen LogP) is 10.2. The van der Waals surface area contributed by atoms with Gasteiger partial charge in [0, 0.05) is 5.92 Å². The zero-order valence-electron chi connectivity index (χ0n) is 22.9. The number of hydrogen-bond acceptors (Lipinski definition) is 0. The average molecular weight is 467 g/mol. The summed E-state index contributed by atoms with van der Waals surface area (Å²) in [6.07, 6.45) is 19.2. The molecule has 0 heteroatoms. The fourth-order valence-electron chi connectivity index (χ4n) is 6.16. The molecule has 0 spiro atoms. The van der Waals surface area contributed by atoms with Crippen molar-refractivity contribution in [2.24, 2.45) is 23.2 Å². The third-order valence-electron chi connectivity index (χ3n) is 8.21. The smallest absolute Gasteiger partial charge is 0.00482 e. The first-order valence-corrected chi connectivity index (χ1v) is 13.9. The van der Waals surface area contributed by atoms with Crippen molar-refractivity contribution in [3.8, 4) is 0 Å². The van der Waals surface area contributed by atoms with Gasteiger partial charge in [0.05, 0.1) is 0 Å². The topological polar surface area (TPSA) is 0 Å². The van der Waals surface area contributed by atoms with E-state index in [0.29, 0.717) is 23.2 Å². The normalized spacial score (nSPS) is 24.4. The summed E-state index contributed by atoms with van der Waals surface area (Å²) in [4.78, 5) is 0. The van der Waals surface area contributed by atoms with E-state index < -0.39 is 0 Å². The van der Waals surface area contributed by atoms with Crippen molar-refractivity contribution in [2.45, 2.75) is 86.0 Å². The highest BCUT2D eigenvalue weighted by Gasteiger charge is 2.33. The van der Waals surface area contributed by atoms with Crippen LogP contribution in [0.1, 0.15) is 90.7 Å². The van der Waals surface area contributed by atoms with Gasteiger partial charge in [-0.3, -0.25) is 0 Å². The molecule has 1 aromatic carbocycles. The van der Waals surface area contributed by atoms with Gasteiger partial charge in [-0.2, -0.15) is 0 Å². The molecule has 0 amide bonds.